The van der Waals surface area contributed by atoms with Gasteiger partial charge in [-0.05, 0) is 104 Å². The van der Waals surface area contributed by atoms with Gasteiger partial charge in [0.05, 0.1) is 18.2 Å². The minimum atomic E-state index is -0.120. The van der Waals surface area contributed by atoms with E-state index in [1.165, 1.54) is 32.1 Å². The van der Waals surface area contributed by atoms with Gasteiger partial charge >= 0.3 is 0 Å². The fourth-order valence-electron chi connectivity index (χ4n) is 9.37. The SMILES string of the molecule is C=NC1(C(C)CC(C)(C)COC)CCC2C3CC=C4CC(O)CCC4(C)C3CCC21C. The Hall–Kier alpha value is -0.670. The summed E-state index contributed by atoms with van der Waals surface area (Å²) in [7, 11) is 1.82. The first-order chi connectivity index (χ1) is 14.5. The number of aliphatic imine (C=N–C) groups is 1. The van der Waals surface area contributed by atoms with Crippen LogP contribution >= 0.6 is 0 Å². The number of aliphatic hydroxyl groups excluding tert-OH is 1. The summed E-state index contributed by atoms with van der Waals surface area (Å²) in [6, 6.07) is 0. The molecule has 0 amide bonds. The first kappa shape index (κ1) is 23.5. The fourth-order valence-corrected chi connectivity index (χ4v) is 9.37. The standard InChI is InChI=1S/C28H47NO2/c1-19(17-25(2,3)18-31-7)28(29-6)15-12-24-22-9-8-20-16-21(30)10-13-26(20,4)23(22)11-14-27(24,28)5/h8,19,21-24,30H,6,9-18H2,1-5,7H3. The third-order valence-corrected chi connectivity index (χ3v) is 10.8. The van der Waals surface area contributed by atoms with Crippen molar-refractivity contribution < 1.29 is 9.84 Å². The summed E-state index contributed by atoms with van der Waals surface area (Å²) in [6.45, 7) is 17.2. The van der Waals surface area contributed by atoms with Crippen molar-refractivity contribution in [3.05, 3.63) is 11.6 Å². The minimum Gasteiger partial charge on any atom is -0.393 e. The lowest BCUT2D eigenvalue weighted by molar-refractivity contribution is -0.0680. The van der Waals surface area contributed by atoms with Gasteiger partial charge < -0.3 is 9.84 Å². The number of fused-ring (bicyclic) bond motifs is 5. The lowest BCUT2D eigenvalue weighted by Crippen LogP contribution is -2.56. The number of rotatable bonds is 6. The number of methoxy groups -OCH3 is 1. The highest BCUT2D eigenvalue weighted by Gasteiger charge is 2.65. The van der Waals surface area contributed by atoms with Gasteiger partial charge in [-0.25, -0.2) is 0 Å². The summed E-state index contributed by atoms with van der Waals surface area (Å²) in [5, 5.41) is 10.3. The van der Waals surface area contributed by atoms with Gasteiger partial charge in [0, 0.05) is 7.11 Å². The Morgan fingerprint density at radius 2 is 1.90 bits per heavy atom. The number of allylic oxidation sites excluding steroid dienone is 1. The van der Waals surface area contributed by atoms with E-state index in [-0.39, 0.29) is 22.5 Å². The molecule has 4 aliphatic rings. The molecule has 31 heavy (non-hydrogen) atoms. The van der Waals surface area contributed by atoms with Gasteiger partial charge in [0.2, 0.25) is 0 Å². The zero-order chi connectivity index (χ0) is 22.7. The second-order valence-electron chi connectivity index (χ2n) is 12.9. The smallest absolute Gasteiger partial charge is 0.0682 e. The predicted molar refractivity (Wildman–Crippen MR) is 129 cm³/mol. The van der Waals surface area contributed by atoms with Crippen LogP contribution in [0.25, 0.3) is 0 Å². The highest BCUT2D eigenvalue weighted by Crippen LogP contribution is 2.69. The third kappa shape index (κ3) is 3.48. The Balaban J connectivity index is 1.62. The van der Waals surface area contributed by atoms with Gasteiger partial charge in [-0.2, -0.15) is 0 Å². The van der Waals surface area contributed by atoms with E-state index in [9.17, 15) is 5.11 Å². The van der Waals surface area contributed by atoms with Crippen LogP contribution in [-0.4, -0.2) is 37.2 Å². The second kappa shape index (κ2) is 7.97. The third-order valence-electron chi connectivity index (χ3n) is 10.8. The molecule has 4 rings (SSSR count). The highest BCUT2D eigenvalue weighted by molar-refractivity contribution is 5.32. The van der Waals surface area contributed by atoms with Crippen LogP contribution in [0, 0.1) is 39.9 Å². The molecule has 4 aliphatic carbocycles. The van der Waals surface area contributed by atoms with Crippen LogP contribution in [0.3, 0.4) is 0 Å². The summed E-state index contributed by atoms with van der Waals surface area (Å²) >= 11 is 0. The average molecular weight is 430 g/mol. The molecule has 3 saturated carbocycles. The molecule has 0 heterocycles. The maximum absolute atomic E-state index is 10.3. The fraction of sp³-hybridized carbons (Fsp3) is 0.893. The molecular formula is C28H47NO2. The zero-order valence-corrected chi connectivity index (χ0v) is 21.0. The van der Waals surface area contributed by atoms with E-state index in [2.05, 4.69) is 47.4 Å². The molecule has 0 aromatic heterocycles. The molecule has 0 saturated heterocycles. The van der Waals surface area contributed by atoms with Crippen LogP contribution in [0.5, 0.6) is 0 Å². The van der Waals surface area contributed by atoms with E-state index in [1.54, 1.807) is 5.57 Å². The van der Waals surface area contributed by atoms with Gasteiger partial charge in [0.15, 0.2) is 0 Å². The second-order valence-corrected chi connectivity index (χ2v) is 12.9. The zero-order valence-electron chi connectivity index (χ0n) is 21.0. The van der Waals surface area contributed by atoms with Crippen molar-refractivity contribution in [2.75, 3.05) is 13.7 Å². The molecule has 3 fully saturated rings. The summed E-state index contributed by atoms with van der Waals surface area (Å²) in [5.74, 6) is 2.80. The Labute approximate surface area is 191 Å². The van der Waals surface area contributed by atoms with Gasteiger partial charge in [-0.3, -0.25) is 4.99 Å². The van der Waals surface area contributed by atoms with Gasteiger partial charge in [0.1, 0.15) is 0 Å². The summed E-state index contributed by atoms with van der Waals surface area (Å²) in [6.07, 6.45) is 12.9. The Bertz CT molecular complexity index is 729. The summed E-state index contributed by atoms with van der Waals surface area (Å²) in [5.41, 5.74) is 2.27. The van der Waals surface area contributed by atoms with Crippen LogP contribution in [-0.2, 0) is 4.74 Å². The first-order valence-electron chi connectivity index (χ1n) is 12.9. The molecule has 0 spiro atoms. The first-order valence-corrected chi connectivity index (χ1v) is 12.9. The van der Waals surface area contributed by atoms with Crippen molar-refractivity contribution in [1.29, 1.82) is 0 Å². The molecule has 0 radical (unpaired) electrons. The van der Waals surface area contributed by atoms with Crippen molar-refractivity contribution >= 4 is 6.72 Å². The van der Waals surface area contributed by atoms with E-state index >= 15 is 0 Å². The van der Waals surface area contributed by atoms with Crippen molar-refractivity contribution in [3.63, 3.8) is 0 Å². The normalized spacial score (nSPS) is 45.8. The maximum Gasteiger partial charge on any atom is 0.0682 e. The molecule has 8 atom stereocenters. The Morgan fingerprint density at radius 1 is 1.19 bits per heavy atom. The number of nitrogens with zero attached hydrogens (tertiary/aromatic N) is 1. The van der Waals surface area contributed by atoms with Crippen LogP contribution in [0.4, 0.5) is 0 Å². The van der Waals surface area contributed by atoms with Crippen LogP contribution in [0.15, 0.2) is 16.6 Å². The lowest BCUT2D eigenvalue weighted by atomic mass is 9.45. The van der Waals surface area contributed by atoms with Gasteiger partial charge in [-0.15, -0.1) is 0 Å². The quantitative estimate of drug-likeness (QED) is 0.389. The van der Waals surface area contributed by atoms with E-state index in [4.69, 9.17) is 9.73 Å². The van der Waals surface area contributed by atoms with Crippen LogP contribution in [0.1, 0.15) is 92.4 Å². The molecule has 0 aromatic carbocycles. The van der Waals surface area contributed by atoms with Gasteiger partial charge in [0.25, 0.3) is 0 Å². The Morgan fingerprint density at radius 3 is 2.58 bits per heavy atom. The van der Waals surface area contributed by atoms with Crippen molar-refractivity contribution in [2.24, 2.45) is 44.9 Å². The minimum absolute atomic E-state index is 0.0126. The monoisotopic (exact) mass is 429 g/mol. The van der Waals surface area contributed by atoms with E-state index in [0.717, 1.165) is 50.0 Å². The van der Waals surface area contributed by atoms with E-state index in [0.29, 0.717) is 11.3 Å². The van der Waals surface area contributed by atoms with Crippen LogP contribution < -0.4 is 0 Å². The summed E-state index contributed by atoms with van der Waals surface area (Å²) in [4.78, 5) is 5.03. The maximum atomic E-state index is 10.3. The van der Waals surface area contributed by atoms with Gasteiger partial charge in [-0.1, -0.05) is 46.3 Å². The van der Waals surface area contributed by atoms with Crippen molar-refractivity contribution in [2.45, 2.75) is 104 Å². The molecule has 0 aliphatic heterocycles. The Kier molecular flexibility index (Phi) is 6.04. The largest absolute Gasteiger partial charge is 0.393 e. The van der Waals surface area contributed by atoms with E-state index in [1.807, 2.05) is 7.11 Å². The van der Waals surface area contributed by atoms with Crippen LogP contribution in [0.2, 0.25) is 0 Å². The lowest BCUT2D eigenvalue weighted by Gasteiger charge is -2.60. The molecule has 0 bridgehead atoms. The molecule has 176 valence electrons. The topological polar surface area (TPSA) is 41.8 Å². The summed E-state index contributed by atoms with van der Waals surface area (Å²) < 4.78 is 5.54. The van der Waals surface area contributed by atoms with Crippen molar-refractivity contribution in [1.82, 2.24) is 0 Å². The molecule has 8 unspecified atom stereocenters. The highest BCUT2D eigenvalue weighted by atomic mass is 16.5. The number of ether oxygens (including phenoxy) is 1. The molecular weight excluding hydrogens is 382 g/mol. The molecule has 1 N–H and O–H groups in total. The number of hydrogen-bond acceptors (Lipinski definition) is 3. The number of hydrogen-bond donors (Lipinski definition) is 1. The number of aliphatic hydroxyl groups is 1. The van der Waals surface area contributed by atoms with E-state index < -0.39 is 0 Å². The molecule has 3 heteroatoms. The average Bonchev–Trinajstić information content (AvgIpc) is 3.01. The van der Waals surface area contributed by atoms with Crippen molar-refractivity contribution in [3.8, 4) is 0 Å². The molecule has 3 nitrogen and oxygen atoms in total. The molecule has 0 aromatic rings. The predicted octanol–water partition coefficient (Wildman–Crippen LogP) is 6.45.